The van der Waals surface area contributed by atoms with Gasteiger partial charge in [-0.3, -0.25) is 14.6 Å². The number of hydrogen-bond acceptors (Lipinski definition) is 9. The van der Waals surface area contributed by atoms with Crippen LogP contribution in [0.1, 0.15) is 89.0 Å². The third-order valence-electron chi connectivity index (χ3n) is 9.72. The van der Waals surface area contributed by atoms with Crippen molar-refractivity contribution in [3.63, 3.8) is 0 Å². The topological polar surface area (TPSA) is 122 Å². The SMILES string of the molecule is CC(=O)C[C@H](CC(=O)CNC(=O)CCCCc1cc(C)ccn1)c1ccc(-c2cccc3c(OCCOCCOCCOCCOCCC(C)(C)C)cccc23)cc1. The van der Waals surface area contributed by atoms with Crippen molar-refractivity contribution >= 4 is 28.2 Å². The number of unbranched alkanes of at least 4 members (excludes halogenated alkanes) is 1. The number of fused-ring (bicyclic) bond motifs is 1. The summed E-state index contributed by atoms with van der Waals surface area (Å²) < 4.78 is 28.6. The van der Waals surface area contributed by atoms with Crippen molar-refractivity contribution in [1.29, 1.82) is 0 Å². The number of pyridine rings is 1. The highest BCUT2D eigenvalue weighted by Gasteiger charge is 2.19. The number of aromatic nitrogens is 1. The van der Waals surface area contributed by atoms with Gasteiger partial charge in [-0.15, -0.1) is 0 Å². The Kier molecular flexibility index (Phi) is 20.0. The molecule has 0 aliphatic heterocycles. The number of carbonyl (C=O) groups excluding carboxylic acids is 3. The molecule has 0 radical (unpaired) electrons. The number of ether oxygens (including phenoxy) is 5. The fourth-order valence-corrected chi connectivity index (χ4v) is 6.56. The monoisotopic (exact) mass is 796 g/mol. The van der Waals surface area contributed by atoms with E-state index in [1.165, 1.54) is 5.56 Å². The molecule has 314 valence electrons. The quantitative estimate of drug-likeness (QED) is 0.0563. The van der Waals surface area contributed by atoms with Crippen molar-refractivity contribution < 1.29 is 38.1 Å². The third kappa shape index (κ3) is 17.6. The van der Waals surface area contributed by atoms with Gasteiger partial charge in [-0.1, -0.05) is 75.4 Å². The molecule has 1 amide bonds. The third-order valence-corrected chi connectivity index (χ3v) is 9.72. The Morgan fingerprint density at radius 1 is 0.724 bits per heavy atom. The summed E-state index contributed by atoms with van der Waals surface area (Å²) in [4.78, 5) is 42.0. The maximum atomic E-state index is 13.0. The summed E-state index contributed by atoms with van der Waals surface area (Å²) in [6.07, 6.45) is 6.00. The standard InChI is InChI=1S/C48H64N2O8/c1-36-20-22-49-41(32-36)10-6-7-15-47(53)50-35-42(52)34-40(33-37(2)51)38-16-18-39(19-17-38)43-11-8-13-45-44(43)12-9-14-46(45)58-31-30-57-29-28-56-27-26-55-25-24-54-23-21-48(3,4)5/h8-9,11-14,16-20,22,32,40H,6-7,10,15,21,23-31,33-35H2,1-5H3,(H,50,53)/t40-/m1/s1. The van der Waals surface area contributed by atoms with Gasteiger partial charge in [0.05, 0.1) is 52.8 Å². The van der Waals surface area contributed by atoms with Crippen molar-refractivity contribution in [3.8, 4) is 16.9 Å². The van der Waals surface area contributed by atoms with Gasteiger partial charge < -0.3 is 33.8 Å². The molecule has 4 rings (SSSR count). The van der Waals surface area contributed by atoms with E-state index >= 15 is 0 Å². The largest absolute Gasteiger partial charge is 0.491 e. The van der Waals surface area contributed by atoms with Crippen molar-refractivity contribution in [3.05, 3.63) is 95.8 Å². The van der Waals surface area contributed by atoms with E-state index in [1.54, 1.807) is 13.1 Å². The second-order valence-electron chi connectivity index (χ2n) is 16.0. The van der Waals surface area contributed by atoms with Gasteiger partial charge in [0.15, 0.2) is 5.78 Å². The predicted molar refractivity (Wildman–Crippen MR) is 229 cm³/mol. The highest BCUT2D eigenvalue weighted by molar-refractivity contribution is 5.99. The molecule has 3 aromatic carbocycles. The van der Waals surface area contributed by atoms with Crippen LogP contribution in [0.4, 0.5) is 0 Å². The van der Waals surface area contributed by atoms with Crippen LogP contribution in [0, 0.1) is 12.3 Å². The summed E-state index contributed by atoms with van der Waals surface area (Å²) in [5.41, 5.74) is 5.46. The van der Waals surface area contributed by atoms with Crippen LogP contribution in [0.5, 0.6) is 5.75 Å². The molecule has 1 N–H and O–H groups in total. The number of hydrogen-bond donors (Lipinski definition) is 1. The van der Waals surface area contributed by atoms with E-state index in [4.69, 9.17) is 23.7 Å². The average molecular weight is 797 g/mol. The van der Waals surface area contributed by atoms with Crippen LogP contribution in [-0.2, 0) is 39.8 Å². The Balaban J connectivity index is 1.18. The summed E-state index contributed by atoms with van der Waals surface area (Å²) in [5, 5.41) is 4.83. The van der Waals surface area contributed by atoms with Crippen LogP contribution in [-0.4, -0.2) is 88.5 Å². The zero-order chi connectivity index (χ0) is 41.6. The molecule has 0 aliphatic rings. The first-order valence-electron chi connectivity index (χ1n) is 20.7. The summed E-state index contributed by atoms with van der Waals surface area (Å²) in [6, 6.07) is 24.3. The highest BCUT2D eigenvalue weighted by Crippen LogP contribution is 2.35. The minimum Gasteiger partial charge on any atom is -0.491 e. The van der Waals surface area contributed by atoms with E-state index in [0.29, 0.717) is 59.3 Å². The molecule has 0 bridgehead atoms. The Bertz CT molecular complexity index is 1850. The average Bonchev–Trinajstić information content (AvgIpc) is 3.19. The molecule has 1 atom stereocenters. The number of rotatable bonds is 28. The fourth-order valence-electron chi connectivity index (χ4n) is 6.56. The van der Waals surface area contributed by atoms with Gasteiger partial charge in [0.1, 0.15) is 18.1 Å². The lowest BCUT2D eigenvalue weighted by Gasteiger charge is -2.17. The van der Waals surface area contributed by atoms with E-state index < -0.39 is 0 Å². The lowest BCUT2D eigenvalue weighted by atomic mass is 9.88. The van der Waals surface area contributed by atoms with Crippen LogP contribution in [0.15, 0.2) is 79.0 Å². The first-order chi connectivity index (χ1) is 28.0. The summed E-state index contributed by atoms with van der Waals surface area (Å²) in [5.74, 6) is 0.281. The lowest BCUT2D eigenvalue weighted by molar-refractivity contribution is -0.125. The molecule has 0 saturated heterocycles. The molecule has 1 aromatic heterocycles. The Labute approximate surface area is 345 Å². The van der Waals surface area contributed by atoms with Crippen molar-refractivity contribution in [1.82, 2.24) is 10.3 Å². The minimum absolute atomic E-state index is 0.0132. The normalized spacial score (nSPS) is 12.1. The van der Waals surface area contributed by atoms with Gasteiger partial charge in [-0.2, -0.15) is 0 Å². The van der Waals surface area contributed by atoms with Crippen LogP contribution >= 0.6 is 0 Å². The Morgan fingerprint density at radius 3 is 2.02 bits per heavy atom. The molecule has 0 saturated carbocycles. The second kappa shape index (κ2) is 25.1. The van der Waals surface area contributed by atoms with Crippen molar-refractivity contribution in [2.45, 2.75) is 85.5 Å². The predicted octanol–water partition coefficient (Wildman–Crippen LogP) is 8.64. The molecule has 10 nitrogen and oxygen atoms in total. The van der Waals surface area contributed by atoms with Crippen LogP contribution in [0.2, 0.25) is 0 Å². The number of carbonyl (C=O) groups is 3. The van der Waals surface area contributed by atoms with E-state index in [2.05, 4.69) is 49.3 Å². The summed E-state index contributed by atoms with van der Waals surface area (Å²) >= 11 is 0. The summed E-state index contributed by atoms with van der Waals surface area (Å²) in [7, 11) is 0. The lowest BCUT2D eigenvalue weighted by Crippen LogP contribution is -2.30. The molecule has 0 aliphatic carbocycles. The van der Waals surface area contributed by atoms with Crippen LogP contribution in [0.3, 0.4) is 0 Å². The Hall–Kier alpha value is -4.48. The first kappa shape index (κ1) is 46.2. The molecule has 10 heteroatoms. The van der Waals surface area contributed by atoms with Gasteiger partial charge >= 0.3 is 0 Å². The number of nitrogens with zero attached hydrogens (tertiary/aromatic N) is 1. The van der Waals surface area contributed by atoms with E-state index in [0.717, 1.165) is 71.2 Å². The number of ketones is 2. The van der Waals surface area contributed by atoms with Gasteiger partial charge in [0.2, 0.25) is 5.91 Å². The molecule has 0 spiro atoms. The zero-order valence-corrected chi connectivity index (χ0v) is 35.3. The van der Waals surface area contributed by atoms with Crippen LogP contribution < -0.4 is 10.1 Å². The van der Waals surface area contributed by atoms with Crippen molar-refractivity contribution in [2.75, 3.05) is 66.0 Å². The maximum Gasteiger partial charge on any atom is 0.220 e. The molecular formula is C48H64N2O8. The molecular weight excluding hydrogens is 733 g/mol. The number of amides is 1. The molecule has 0 fully saturated rings. The number of benzene rings is 3. The van der Waals surface area contributed by atoms with Crippen molar-refractivity contribution in [2.24, 2.45) is 5.41 Å². The van der Waals surface area contributed by atoms with Gasteiger partial charge in [0, 0.05) is 43.1 Å². The first-order valence-corrected chi connectivity index (χ1v) is 20.7. The van der Waals surface area contributed by atoms with Gasteiger partial charge in [-0.25, -0.2) is 0 Å². The van der Waals surface area contributed by atoms with Gasteiger partial charge in [0.25, 0.3) is 0 Å². The highest BCUT2D eigenvalue weighted by atomic mass is 16.6. The smallest absolute Gasteiger partial charge is 0.220 e. The number of aryl methyl sites for hydroxylation is 2. The number of nitrogens with one attached hydrogen (secondary N) is 1. The molecule has 58 heavy (non-hydrogen) atoms. The summed E-state index contributed by atoms with van der Waals surface area (Å²) in [6.45, 7) is 14.9. The molecule has 0 unspecified atom stereocenters. The molecule has 1 heterocycles. The maximum absolute atomic E-state index is 13.0. The fraction of sp³-hybridized carbons (Fsp3) is 0.500. The molecule has 4 aromatic rings. The van der Waals surface area contributed by atoms with E-state index in [-0.39, 0.29) is 48.2 Å². The zero-order valence-electron chi connectivity index (χ0n) is 35.3. The van der Waals surface area contributed by atoms with E-state index in [1.807, 2.05) is 61.5 Å². The second-order valence-corrected chi connectivity index (χ2v) is 16.0. The van der Waals surface area contributed by atoms with E-state index in [9.17, 15) is 14.4 Å². The number of Topliss-reactive ketones (excluding diaryl/α,β-unsaturated/α-hetero) is 2. The Morgan fingerprint density at radius 2 is 1.36 bits per heavy atom. The van der Waals surface area contributed by atoms with Crippen LogP contribution in [0.25, 0.3) is 21.9 Å². The van der Waals surface area contributed by atoms with Gasteiger partial charge in [-0.05, 0) is 96.7 Å². The minimum atomic E-state index is -0.271.